The smallest absolute Gasteiger partial charge is 0.269 e. The Morgan fingerprint density at radius 3 is 2.69 bits per heavy atom. The van der Waals surface area contributed by atoms with Gasteiger partial charge in [-0.25, -0.2) is 0 Å². The van der Waals surface area contributed by atoms with Crippen LogP contribution in [0, 0.1) is 0 Å². The highest BCUT2D eigenvalue weighted by Gasteiger charge is 2.13. The predicted octanol–water partition coefficient (Wildman–Crippen LogP) is 3.41. The van der Waals surface area contributed by atoms with Crippen molar-refractivity contribution in [1.82, 2.24) is 15.3 Å². The molecule has 0 unspecified atom stereocenters. The van der Waals surface area contributed by atoms with E-state index < -0.39 is 0 Å². The summed E-state index contributed by atoms with van der Waals surface area (Å²) in [7, 11) is 0. The number of unbranched alkanes of at least 4 members (excludes halogenated alkanes) is 1. The van der Waals surface area contributed by atoms with Crippen LogP contribution in [-0.4, -0.2) is 28.3 Å². The average Bonchev–Trinajstić information content (AvgIpc) is 2.68. The third kappa shape index (κ3) is 4.03. The Morgan fingerprint density at radius 1 is 1.00 bits per heavy atom. The molecule has 0 radical (unpaired) electrons. The summed E-state index contributed by atoms with van der Waals surface area (Å²) in [4.78, 5) is 33.1. The molecule has 0 aliphatic carbocycles. The van der Waals surface area contributed by atoms with Crippen molar-refractivity contribution in [3.63, 3.8) is 0 Å². The first kappa shape index (κ1) is 17.5. The Bertz CT molecular complexity index is 935. The van der Waals surface area contributed by atoms with E-state index in [0.29, 0.717) is 17.8 Å². The van der Waals surface area contributed by atoms with Gasteiger partial charge in [0.25, 0.3) is 11.8 Å². The molecule has 0 fully saturated rings. The topological polar surface area (TPSA) is 84.0 Å². The highest BCUT2D eigenvalue weighted by atomic mass is 16.2. The zero-order chi connectivity index (χ0) is 18.4. The van der Waals surface area contributed by atoms with Gasteiger partial charge in [0.2, 0.25) is 0 Å². The maximum Gasteiger partial charge on any atom is 0.269 e. The molecule has 2 N–H and O–H groups in total. The third-order valence-corrected chi connectivity index (χ3v) is 3.95. The third-order valence-electron chi connectivity index (χ3n) is 3.95. The van der Waals surface area contributed by atoms with Crippen LogP contribution in [0.25, 0.3) is 10.9 Å². The summed E-state index contributed by atoms with van der Waals surface area (Å²) in [5, 5.41) is 6.60. The SMILES string of the molecule is CCCCNC(=O)c1cc(C(=O)Nc2cccc3cccnc23)ccn1. The number of pyridine rings is 2. The molecule has 3 rings (SSSR count). The van der Waals surface area contributed by atoms with Gasteiger partial charge < -0.3 is 10.6 Å². The molecule has 0 spiro atoms. The van der Waals surface area contributed by atoms with E-state index in [0.717, 1.165) is 23.7 Å². The molecule has 0 aliphatic rings. The molecule has 2 aromatic heterocycles. The van der Waals surface area contributed by atoms with Crippen LogP contribution < -0.4 is 10.6 Å². The number of benzene rings is 1. The lowest BCUT2D eigenvalue weighted by atomic mass is 10.1. The fourth-order valence-electron chi connectivity index (χ4n) is 2.56. The lowest BCUT2D eigenvalue weighted by Gasteiger charge is -2.09. The first-order valence-electron chi connectivity index (χ1n) is 8.58. The van der Waals surface area contributed by atoms with Gasteiger partial charge >= 0.3 is 0 Å². The molecule has 0 bridgehead atoms. The maximum atomic E-state index is 12.6. The number of nitrogens with zero attached hydrogens (tertiary/aromatic N) is 2. The van der Waals surface area contributed by atoms with Crippen molar-refractivity contribution in [2.45, 2.75) is 19.8 Å². The van der Waals surface area contributed by atoms with Crippen LogP contribution >= 0.6 is 0 Å². The first-order valence-corrected chi connectivity index (χ1v) is 8.58. The highest BCUT2D eigenvalue weighted by molar-refractivity contribution is 6.09. The minimum Gasteiger partial charge on any atom is -0.351 e. The Balaban J connectivity index is 1.77. The van der Waals surface area contributed by atoms with Crippen LogP contribution in [0.3, 0.4) is 0 Å². The van der Waals surface area contributed by atoms with Gasteiger partial charge in [0.15, 0.2) is 0 Å². The molecule has 0 atom stereocenters. The molecule has 26 heavy (non-hydrogen) atoms. The molecule has 0 saturated heterocycles. The second kappa shape index (κ2) is 8.20. The Morgan fingerprint density at radius 2 is 1.85 bits per heavy atom. The van der Waals surface area contributed by atoms with Crippen molar-refractivity contribution in [2.75, 3.05) is 11.9 Å². The van der Waals surface area contributed by atoms with Crippen molar-refractivity contribution >= 4 is 28.4 Å². The van der Waals surface area contributed by atoms with Crippen LogP contribution in [0.4, 0.5) is 5.69 Å². The van der Waals surface area contributed by atoms with Crippen LogP contribution in [0.5, 0.6) is 0 Å². The number of rotatable bonds is 6. The highest BCUT2D eigenvalue weighted by Crippen LogP contribution is 2.21. The molecule has 2 amide bonds. The van der Waals surface area contributed by atoms with Gasteiger partial charge in [-0.15, -0.1) is 0 Å². The predicted molar refractivity (Wildman–Crippen MR) is 101 cm³/mol. The minimum absolute atomic E-state index is 0.227. The number of amides is 2. The summed E-state index contributed by atoms with van der Waals surface area (Å²) in [5.74, 6) is -0.590. The fourth-order valence-corrected chi connectivity index (χ4v) is 2.56. The molecule has 132 valence electrons. The van der Waals surface area contributed by atoms with E-state index in [1.165, 1.54) is 12.3 Å². The van der Waals surface area contributed by atoms with Gasteiger partial charge in [0.05, 0.1) is 11.2 Å². The summed E-state index contributed by atoms with van der Waals surface area (Å²) in [6, 6.07) is 12.4. The number of aromatic nitrogens is 2. The van der Waals surface area contributed by atoms with Crippen LogP contribution in [0.15, 0.2) is 54.9 Å². The normalized spacial score (nSPS) is 10.5. The van der Waals surface area contributed by atoms with Gasteiger partial charge in [-0.05, 0) is 30.7 Å². The average molecular weight is 348 g/mol. The Hall–Kier alpha value is -3.28. The van der Waals surface area contributed by atoms with Crippen molar-refractivity contribution in [3.8, 4) is 0 Å². The van der Waals surface area contributed by atoms with E-state index >= 15 is 0 Å². The summed E-state index contributed by atoms with van der Waals surface area (Å²) < 4.78 is 0. The second-order valence-corrected chi connectivity index (χ2v) is 5.87. The van der Waals surface area contributed by atoms with E-state index in [2.05, 4.69) is 27.5 Å². The number of fused-ring (bicyclic) bond motifs is 1. The second-order valence-electron chi connectivity index (χ2n) is 5.87. The molecular weight excluding hydrogens is 328 g/mol. The summed E-state index contributed by atoms with van der Waals surface area (Å²) in [5.41, 5.74) is 1.94. The van der Waals surface area contributed by atoms with Gasteiger partial charge in [0.1, 0.15) is 5.69 Å². The molecule has 6 heteroatoms. The van der Waals surface area contributed by atoms with Crippen LogP contribution in [0.1, 0.15) is 40.6 Å². The lowest BCUT2D eigenvalue weighted by molar-refractivity contribution is 0.0948. The zero-order valence-electron chi connectivity index (χ0n) is 14.5. The fraction of sp³-hybridized carbons (Fsp3) is 0.200. The quantitative estimate of drug-likeness (QED) is 0.669. The van der Waals surface area contributed by atoms with E-state index in [9.17, 15) is 9.59 Å². The van der Waals surface area contributed by atoms with Gasteiger partial charge in [-0.1, -0.05) is 31.5 Å². The summed E-state index contributed by atoms with van der Waals surface area (Å²) in [6.07, 6.45) is 5.05. The van der Waals surface area contributed by atoms with E-state index in [1.807, 2.05) is 24.3 Å². The van der Waals surface area contributed by atoms with E-state index in [-0.39, 0.29) is 17.5 Å². The van der Waals surface area contributed by atoms with Crippen molar-refractivity contribution in [3.05, 3.63) is 66.1 Å². The standard InChI is InChI=1S/C20H20N4O2/c1-2-3-10-23-20(26)17-13-15(9-12-21-17)19(25)24-16-8-4-6-14-7-5-11-22-18(14)16/h4-9,11-13H,2-3,10H2,1H3,(H,23,26)(H,24,25). The number of hydrogen-bond acceptors (Lipinski definition) is 4. The molecule has 0 aliphatic heterocycles. The van der Waals surface area contributed by atoms with Gasteiger partial charge in [-0.2, -0.15) is 0 Å². The van der Waals surface area contributed by atoms with Crippen molar-refractivity contribution < 1.29 is 9.59 Å². The molecule has 3 aromatic rings. The molecular formula is C20H20N4O2. The van der Waals surface area contributed by atoms with Crippen LogP contribution in [0.2, 0.25) is 0 Å². The largest absolute Gasteiger partial charge is 0.351 e. The molecule has 1 aromatic carbocycles. The number of carbonyl (C=O) groups is 2. The number of carbonyl (C=O) groups excluding carboxylic acids is 2. The monoisotopic (exact) mass is 348 g/mol. The summed E-state index contributed by atoms with van der Waals surface area (Å²) in [6.45, 7) is 2.65. The number of anilines is 1. The van der Waals surface area contributed by atoms with E-state index in [1.54, 1.807) is 18.3 Å². The number of hydrogen-bond donors (Lipinski definition) is 2. The first-order chi connectivity index (χ1) is 12.7. The Labute approximate surface area is 151 Å². The maximum absolute atomic E-state index is 12.6. The van der Waals surface area contributed by atoms with E-state index in [4.69, 9.17) is 0 Å². The van der Waals surface area contributed by atoms with Crippen LogP contribution in [-0.2, 0) is 0 Å². The zero-order valence-corrected chi connectivity index (χ0v) is 14.5. The Kier molecular flexibility index (Phi) is 5.53. The van der Waals surface area contributed by atoms with Crippen molar-refractivity contribution in [2.24, 2.45) is 0 Å². The minimum atomic E-state index is -0.312. The van der Waals surface area contributed by atoms with Gasteiger partial charge in [-0.3, -0.25) is 19.6 Å². The molecule has 6 nitrogen and oxygen atoms in total. The van der Waals surface area contributed by atoms with Crippen molar-refractivity contribution in [1.29, 1.82) is 0 Å². The lowest BCUT2D eigenvalue weighted by Crippen LogP contribution is -2.25. The van der Waals surface area contributed by atoms with Gasteiger partial charge in [0, 0.05) is 29.9 Å². The number of nitrogens with one attached hydrogen (secondary N) is 2. The molecule has 2 heterocycles. The molecule has 0 saturated carbocycles. The summed E-state index contributed by atoms with van der Waals surface area (Å²) >= 11 is 0. The number of para-hydroxylation sites is 1.